The van der Waals surface area contributed by atoms with Gasteiger partial charge in [0, 0.05) is 44.2 Å². The van der Waals surface area contributed by atoms with E-state index in [0.717, 1.165) is 37.8 Å². The number of aliphatic imine (C=N–C) groups is 1. The molecule has 5 nitrogen and oxygen atoms in total. The second-order valence-corrected chi connectivity index (χ2v) is 7.69. The van der Waals surface area contributed by atoms with Crippen LogP contribution in [0.2, 0.25) is 0 Å². The second-order valence-electron chi connectivity index (χ2n) is 5.88. The molecule has 1 fully saturated rings. The maximum Gasteiger partial charge on any atom is 0.243 e. The third-order valence-corrected chi connectivity index (χ3v) is 4.42. The summed E-state index contributed by atoms with van der Waals surface area (Å²) in [6.45, 7) is 9.69. The van der Waals surface area contributed by atoms with Crippen LogP contribution in [0.3, 0.4) is 0 Å². The molecule has 124 valence electrons. The summed E-state index contributed by atoms with van der Waals surface area (Å²) in [5.74, 6) is 2.00. The minimum atomic E-state index is 0. The molecule has 0 spiro atoms. The highest BCUT2D eigenvalue weighted by Gasteiger charge is 2.28. The zero-order valence-electron chi connectivity index (χ0n) is 13.8. The highest BCUT2D eigenvalue weighted by Crippen LogP contribution is 2.29. The molecule has 0 aromatic rings. The van der Waals surface area contributed by atoms with E-state index in [9.17, 15) is 4.79 Å². The van der Waals surface area contributed by atoms with E-state index in [0.29, 0.717) is 0 Å². The highest BCUT2D eigenvalue weighted by atomic mass is 127. The predicted octanol–water partition coefficient (Wildman–Crippen LogP) is 1.88. The molecule has 1 saturated heterocycles. The van der Waals surface area contributed by atoms with Gasteiger partial charge >= 0.3 is 0 Å². The van der Waals surface area contributed by atoms with Crippen molar-refractivity contribution in [2.45, 2.75) is 31.9 Å². The number of halogens is 1. The van der Waals surface area contributed by atoms with E-state index in [1.807, 2.05) is 11.8 Å². The Labute approximate surface area is 150 Å². The van der Waals surface area contributed by atoms with Crippen LogP contribution in [0.1, 0.15) is 27.2 Å². The summed E-state index contributed by atoms with van der Waals surface area (Å²) in [5.41, 5.74) is 0. The first-order chi connectivity index (χ1) is 9.35. The largest absolute Gasteiger partial charge is 0.356 e. The van der Waals surface area contributed by atoms with Gasteiger partial charge in [0.25, 0.3) is 0 Å². The van der Waals surface area contributed by atoms with Gasteiger partial charge in [-0.1, -0.05) is 6.92 Å². The van der Waals surface area contributed by atoms with Gasteiger partial charge in [0.05, 0.1) is 0 Å². The monoisotopic (exact) mass is 428 g/mol. The normalized spacial score (nSPS) is 18.0. The van der Waals surface area contributed by atoms with Crippen LogP contribution in [0.4, 0.5) is 0 Å². The molecule has 1 heterocycles. The van der Waals surface area contributed by atoms with Gasteiger partial charge in [-0.2, -0.15) is 11.8 Å². The number of rotatable bonds is 4. The van der Waals surface area contributed by atoms with Crippen molar-refractivity contribution in [3.05, 3.63) is 0 Å². The smallest absolute Gasteiger partial charge is 0.243 e. The van der Waals surface area contributed by atoms with Crippen LogP contribution in [-0.2, 0) is 4.79 Å². The van der Waals surface area contributed by atoms with E-state index >= 15 is 0 Å². The zero-order chi connectivity index (χ0) is 15.2. The van der Waals surface area contributed by atoms with E-state index < -0.39 is 0 Å². The lowest BCUT2D eigenvalue weighted by Crippen LogP contribution is -2.51. The van der Waals surface area contributed by atoms with Gasteiger partial charge < -0.3 is 15.1 Å². The predicted molar refractivity (Wildman–Crippen MR) is 103 cm³/mol. The molecule has 0 atom stereocenters. The summed E-state index contributed by atoms with van der Waals surface area (Å²) in [4.78, 5) is 20.1. The van der Waals surface area contributed by atoms with Crippen molar-refractivity contribution < 1.29 is 4.79 Å². The van der Waals surface area contributed by atoms with E-state index in [1.165, 1.54) is 0 Å². The zero-order valence-corrected chi connectivity index (χ0v) is 17.0. The first-order valence-corrected chi connectivity index (χ1v) is 8.21. The Morgan fingerprint density at radius 1 is 1.43 bits per heavy atom. The van der Waals surface area contributed by atoms with Gasteiger partial charge in [-0.05, 0) is 20.3 Å². The van der Waals surface area contributed by atoms with Gasteiger partial charge in [0.15, 0.2) is 5.96 Å². The summed E-state index contributed by atoms with van der Waals surface area (Å²) in [6.07, 6.45) is 1.05. The Hall–Kier alpha value is -0.180. The van der Waals surface area contributed by atoms with Crippen molar-refractivity contribution in [3.63, 3.8) is 0 Å². The average Bonchev–Trinajstić information content (AvgIpc) is 2.37. The summed E-state index contributed by atoms with van der Waals surface area (Å²) in [7, 11) is 3.52. The van der Waals surface area contributed by atoms with E-state index in [2.05, 4.69) is 36.0 Å². The van der Waals surface area contributed by atoms with Gasteiger partial charge in [-0.25, -0.2) is 4.99 Å². The molecular formula is C14H29IN4OS. The minimum Gasteiger partial charge on any atom is -0.356 e. The number of carbonyl (C=O) groups excluding carboxylic acids is 1. The van der Waals surface area contributed by atoms with Crippen molar-refractivity contribution >= 4 is 47.6 Å². The summed E-state index contributed by atoms with van der Waals surface area (Å²) in [6, 6.07) is 0. The molecule has 0 aromatic heterocycles. The fraction of sp³-hybridized carbons (Fsp3) is 0.857. The van der Waals surface area contributed by atoms with Gasteiger partial charge in [-0.3, -0.25) is 4.79 Å². The van der Waals surface area contributed by atoms with Crippen LogP contribution < -0.4 is 5.32 Å². The molecule has 1 amide bonds. The number of hydrogen-bond donors (Lipinski definition) is 1. The molecular weight excluding hydrogens is 399 g/mol. The number of amides is 1. The van der Waals surface area contributed by atoms with Crippen LogP contribution in [-0.4, -0.2) is 72.4 Å². The van der Waals surface area contributed by atoms with Crippen LogP contribution >= 0.6 is 35.7 Å². The van der Waals surface area contributed by atoms with Crippen LogP contribution in [0.15, 0.2) is 4.99 Å². The lowest BCUT2D eigenvalue weighted by molar-refractivity contribution is -0.127. The number of nitrogens with one attached hydrogen (secondary N) is 1. The summed E-state index contributed by atoms with van der Waals surface area (Å²) in [5, 5.41) is 3.37. The standard InChI is InChI=1S/C14H28N4OS.HI/c1-6-7-15-13(16-10-12(19)17(4)5)18-8-9-20-14(2,3)11-18;/h6-11H2,1-5H3,(H,15,16);1H. The quantitative estimate of drug-likeness (QED) is 0.422. The molecule has 21 heavy (non-hydrogen) atoms. The first kappa shape index (κ1) is 20.8. The lowest BCUT2D eigenvalue weighted by atomic mass is 10.2. The van der Waals surface area contributed by atoms with Crippen molar-refractivity contribution in [1.29, 1.82) is 0 Å². The summed E-state index contributed by atoms with van der Waals surface area (Å²) < 4.78 is 0.235. The Morgan fingerprint density at radius 2 is 2.10 bits per heavy atom. The molecule has 7 heteroatoms. The van der Waals surface area contributed by atoms with Crippen molar-refractivity contribution in [2.75, 3.05) is 46.0 Å². The first-order valence-electron chi connectivity index (χ1n) is 7.23. The van der Waals surface area contributed by atoms with E-state index in [4.69, 9.17) is 0 Å². The molecule has 0 bridgehead atoms. The number of guanidine groups is 1. The second kappa shape index (κ2) is 9.76. The molecule has 0 radical (unpaired) electrons. The summed E-state index contributed by atoms with van der Waals surface area (Å²) >= 11 is 2.00. The molecule has 0 aliphatic carbocycles. The number of thioether (sulfide) groups is 1. The minimum absolute atomic E-state index is 0. The number of hydrogen-bond acceptors (Lipinski definition) is 3. The molecule has 0 saturated carbocycles. The number of nitrogens with zero attached hydrogens (tertiary/aromatic N) is 3. The third-order valence-electron chi connectivity index (χ3n) is 3.12. The van der Waals surface area contributed by atoms with Crippen LogP contribution in [0.25, 0.3) is 0 Å². The molecule has 0 unspecified atom stereocenters. The molecule has 0 aromatic carbocycles. The number of carbonyl (C=O) groups is 1. The highest BCUT2D eigenvalue weighted by molar-refractivity contribution is 14.0. The van der Waals surface area contributed by atoms with Gasteiger partial charge in [-0.15, -0.1) is 24.0 Å². The Morgan fingerprint density at radius 3 is 2.62 bits per heavy atom. The van der Waals surface area contributed by atoms with Crippen LogP contribution in [0, 0.1) is 0 Å². The fourth-order valence-corrected chi connectivity index (χ4v) is 3.10. The maximum absolute atomic E-state index is 11.7. The van der Waals surface area contributed by atoms with E-state index in [-0.39, 0.29) is 41.2 Å². The fourth-order valence-electron chi connectivity index (χ4n) is 1.99. The lowest BCUT2D eigenvalue weighted by Gasteiger charge is -2.39. The topological polar surface area (TPSA) is 47.9 Å². The maximum atomic E-state index is 11.7. The van der Waals surface area contributed by atoms with Gasteiger partial charge in [0.1, 0.15) is 6.54 Å². The SMILES string of the molecule is CCCNC(=NCC(=O)N(C)C)N1CCSC(C)(C)C1.I. The van der Waals surface area contributed by atoms with Crippen molar-refractivity contribution in [1.82, 2.24) is 15.1 Å². The molecule has 1 aliphatic rings. The molecule has 1 N–H and O–H groups in total. The van der Waals surface area contributed by atoms with Crippen LogP contribution in [0.5, 0.6) is 0 Å². The molecule has 1 aliphatic heterocycles. The Balaban J connectivity index is 0.00000400. The number of likely N-dealkylation sites (N-methyl/N-ethyl adjacent to an activating group) is 1. The third kappa shape index (κ3) is 7.58. The Bertz CT molecular complexity index is 361. The average molecular weight is 428 g/mol. The molecule has 1 rings (SSSR count). The Kier molecular flexibility index (Phi) is 9.68. The van der Waals surface area contributed by atoms with E-state index in [1.54, 1.807) is 19.0 Å². The van der Waals surface area contributed by atoms with Crippen molar-refractivity contribution in [2.24, 2.45) is 4.99 Å². The van der Waals surface area contributed by atoms with Crippen molar-refractivity contribution in [3.8, 4) is 0 Å². The van der Waals surface area contributed by atoms with Gasteiger partial charge in [0.2, 0.25) is 5.91 Å².